The van der Waals surface area contributed by atoms with Gasteiger partial charge >= 0.3 is 5.97 Å². The van der Waals surface area contributed by atoms with Crippen molar-refractivity contribution < 1.29 is 14.7 Å². The maximum atomic E-state index is 12.4. The van der Waals surface area contributed by atoms with Crippen molar-refractivity contribution in [2.45, 2.75) is 19.4 Å². The average Bonchev–Trinajstić information content (AvgIpc) is 2.84. The van der Waals surface area contributed by atoms with E-state index in [1.807, 2.05) is 18.4 Å². The maximum absolute atomic E-state index is 12.4. The summed E-state index contributed by atoms with van der Waals surface area (Å²) in [5.74, 6) is -1.27. The van der Waals surface area contributed by atoms with E-state index in [4.69, 9.17) is 0 Å². The second-order valence-corrected chi connectivity index (χ2v) is 5.78. The summed E-state index contributed by atoms with van der Waals surface area (Å²) in [6.45, 7) is 2.86. The Morgan fingerprint density at radius 2 is 2.37 bits per heavy atom. The van der Waals surface area contributed by atoms with Crippen molar-refractivity contribution in [1.82, 2.24) is 10.2 Å². The highest BCUT2D eigenvalue weighted by atomic mass is 32.1. The molecule has 2 unspecified atom stereocenters. The SMILES string of the molecule is CNCC(C)C(=O)N1CCc2sccc2C1C(=O)O. The van der Waals surface area contributed by atoms with E-state index >= 15 is 0 Å². The number of carboxylic acids is 1. The fraction of sp³-hybridized carbons (Fsp3) is 0.538. The van der Waals surface area contributed by atoms with E-state index in [-0.39, 0.29) is 11.8 Å². The number of amides is 1. The van der Waals surface area contributed by atoms with Crippen molar-refractivity contribution in [3.8, 4) is 0 Å². The molecule has 6 heteroatoms. The van der Waals surface area contributed by atoms with E-state index in [9.17, 15) is 14.7 Å². The number of nitrogens with zero attached hydrogens (tertiary/aromatic N) is 1. The molecule has 1 aromatic heterocycles. The Morgan fingerprint density at radius 3 is 3.00 bits per heavy atom. The lowest BCUT2D eigenvalue weighted by atomic mass is 9.98. The Morgan fingerprint density at radius 1 is 1.63 bits per heavy atom. The third kappa shape index (κ3) is 2.64. The van der Waals surface area contributed by atoms with Crippen molar-refractivity contribution in [1.29, 1.82) is 0 Å². The van der Waals surface area contributed by atoms with Gasteiger partial charge in [-0.05, 0) is 30.5 Å². The number of carbonyl (C=O) groups is 2. The van der Waals surface area contributed by atoms with Crippen molar-refractivity contribution >= 4 is 23.2 Å². The Hall–Kier alpha value is -1.40. The van der Waals surface area contributed by atoms with Crippen molar-refractivity contribution in [2.24, 2.45) is 5.92 Å². The van der Waals surface area contributed by atoms with E-state index in [0.29, 0.717) is 13.1 Å². The van der Waals surface area contributed by atoms with Crippen LogP contribution in [0.1, 0.15) is 23.4 Å². The zero-order chi connectivity index (χ0) is 14.0. The predicted octanol–water partition coefficient (Wildman–Crippen LogP) is 1.11. The first kappa shape index (κ1) is 14.0. The highest BCUT2D eigenvalue weighted by molar-refractivity contribution is 7.10. The number of hydrogen-bond acceptors (Lipinski definition) is 4. The zero-order valence-electron chi connectivity index (χ0n) is 11.0. The first-order valence-electron chi connectivity index (χ1n) is 6.30. The molecular weight excluding hydrogens is 264 g/mol. The van der Waals surface area contributed by atoms with E-state index in [1.165, 1.54) is 4.90 Å². The highest BCUT2D eigenvalue weighted by Gasteiger charge is 2.37. The molecule has 1 amide bonds. The molecule has 0 saturated carbocycles. The summed E-state index contributed by atoms with van der Waals surface area (Å²) in [5.41, 5.74) is 0.772. The largest absolute Gasteiger partial charge is 0.479 e. The molecule has 0 radical (unpaired) electrons. The monoisotopic (exact) mass is 282 g/mol. The minimum Gasteiger partial charge on any atom is -0.479 e. The molecule has 0 fully saturated rings. The quantitative estimate of drug-likeness (QED) is 0.868. The third-order valence-electron chi connectivity index (χ3n) is 3.41. The molecule has 0 bridgehead atoms. The molecule has 0 spiro atoms. The van der Waals surface area contributed by atoms with Crippen LogP contribution in [0.3, 0.4) is 0 Å². The number of carbonyl (C=O) groups excluding carboxylic acids is 1. The lowest BCUT2D eigenvalue weighted by molar-refractivity contribution is -0.152. The summed E-state index contributed by atoms with van der Waals surface area (Å²) in [4.78, 5) is 26.4. The lowest BCUT2D eigenvalue weighted by Crippen LogP contribution is -2.46. The summed E-state index contributed by atoms with van der Waals surface area (Å²) >= 11 is 1.57. The molecule has 0 saturated heterocycles. The van der Waals surface area contributed by atoms with Crippen LogP contribution >= 0.6 is 11.3 Å². The second kappa shape index (κ2) is 5.71. The van der Waals surface area contributed by atoms with Crippen LogP contribution in [-0.4, -0.2) is 42.0 Å². The average molecular weight is 282 g/mol. The van der Waals surface area contributed by atoms with E-state index < -0.39 is 12.0 Å². The summed E-state index contributed by atoms with van der Waals surface area (Å²) in [6.07, 6.45) is 0.745. The molecule has 1 aromatic rings. The Bertz CT molecular complexity index is 486. The predicted molar refractivity (Wildman–Crippen MR) is 73.2 cm³/mol. The van der Waals surface area contributed by atoms with Crippen LogP contribution in [0.5, 0.6) is 0 Å². The number of fused-ring (bicyclic) bond motifs is 1. The van der Waals surface area contributed by atoms with Gasteiger partial charge in [-0.15, -0.1) is 11.3 Å². The minimum absolute atomic E-state index is 0.0985. The summed E-state index contributed by atoms with van der Waals surface area (Å²) in [7, 11) is 1.78. The smallest absolute Gasteiger partial charge is 0.331 e. The normalized spacial score (nSPS) is 19.9. The zero-order valence-corrected chi connectivity index (χ0v) is 11.9. The molecule has 104 valence electrons. The van der Waals surface area contributed by atoms with Crippen LogP contribution in [0.4, 0.5) is 0 Å². The van der Waals surface area contributed by atoms with Gasteiger partial charge in [-0.1, -0.05) is 6.92 Å². The number of carboxylic acid groups (broad SMARTS) is 1. The molecule has 2 N–H and O–H groups in total. The molecular formula is C13H18N2O3S. The van der Waals surface area contributed by atoms with E-state index in [0.717, 1.165) is 16.9 Å². The number of nitrogens with one attached hydrogen (secondary N) is 1. The first-order valence-corrected chi connectivity index (χ1v) is 7.18. The molecule has 1 aliphatic rings. The first-order chi connectivity index (χ1) is 9.06. The van der Waals surface area contributed by atoms with Crippen LogP contribution in [-0.2, 0) is 16.0 Å². The van der Waals surface area contributed by atoms with Gasteiger partial charge < -0.3 is 15.3 Å². The Balaban J connectivity index is 2.26. The van der Waals surface area contributed by atoms with Gasteiger partial charge in [0.1, 0.15) is 0 Å². The van der Waals surface area contributed by atoms with Gasteiger partial charge in [0, 0.05) is 23.9 Å². The molecule has 0 aliphatic carbocycles. The molecule has 2 heterocycles. The highest BCUT2D eigenvalue weighted by Crippen LogP contribution is 2.34. The summed E-state index contributed by atoms with van der Waals surface area (Å²) in [6, 6.07) is 0.989. The van der Waals surface area contributed by atoms with Crippen LogP contribution < -0.4 is 5.32 Å². The van der Waals surface area contributed by atoms with Crippen LogP contribution in [0.2, 0.25) is 0 Å². The van der Waals surface area contributed by atoms with Gasteiger partial charge in [0.25, 0.3) is 0 Å². The van der Waals surface area contributed by atoms with Crippen molar-refractivity contribution in [3.63, 3.8) is 0 Å². The topological polar surface area (TPSA) is 69.6 Å². The van der Waals surface area contributed by atoms with Gasteiger partial charge in [0.15, 0.2) is 6.04 Å². The van der Waals surface area contributed by atoms with Gasteiger partial charge in [-0.3, -0.25) is 4.79 Å². The van der Waals surface area contributed by atoms with Crippen LogP contribution in [0, 0.1) is 5.92 Å². The van der Waals surface area contributed by atoms with Gasteiger partial charge in [0.2, 0.25) is 5.91 Å². The number of rotatable bonds is 4. The minimum atomic E-state index is -0.954. The summed E-state index contributed by atoms with van der Waals surface area (Å²) < 4.78 is 0. The van der Waals surface area contributed by atoms with E-state index in [2.05, 4.69) is 5.32 Å². The molecule has 5 nitrogen and oxygen atoms in total. The fourth-order valence-electron chi connectivity index (χ4n) is 2.50. The molecule has 19 heavy (non-hydrogen) atoms. The van der Waals surface area contributed by atoms with Gasteiger partial charge in [0.05, 0.1) is 0 Å². The standard InChI is InChI=1S/C13H18N2O3S/c1-8(7-14-2)12(16)15-5-3-10-9(4-6-19-10)11(15)13(17)18/h4,6,8,11,14H,3,5,7H2,1-2H3,(H,17,18). The van der Waals surface area contributed by atoms with Crippen molar-refractivity contribution in [2.75, 3.05) is 20.1 Å². The fourth-order valence-corrected chi connectivity index (χ4v) is 3.40. The van der Waals surface area contributed by atoms with Crippen LogP contribution in [0.25, 0.3) is 0 Å². The lowest BCUT2D eigenvalue weighted by Gasteiger charge is -2.34. The maximum Gasteiger partial charge on any atom is 0.331 e. The molecule has 2 rings (SSSR count). The number of aliphatic carboxylic acids is 1. The number of thiophene rings is 1. The van der Waals surface area contributed by atoms with Gasteiger partial charge in [-0.2, -0.15) is 0 Å². The molecule has 2 atom stereocenters. The molecule has 0 aromatic carbocycles. The molecule has 1 aliphatic heterocycles. The Labute approximate surface area is 116 Å². The van der Waals surface area contributed by atoms with E-state index in [1.54, 1.807) is 18.4 Å². The Kier molecular flexibility index (Phi) is 4.21. The van der Waals surface area contributed by atoms with Crippen molar-refractivity contribution in [3.05, 3.63) is 21.9 Å². The van der Waals surface area contributed by atoms with Gasteiger partial charge in [-0.25, -0.2) is 4.79 Å². The third-order valence-corrected chi connectivity index (χ3v) is 4.41. The summed E-state index contributed by atoms with van der Waals surface area (Å²) in [5, 5.41) is 14.3. The second-order valence-electron chi connectivity index (χ2n) is 4.78. The van der Waals surface area contributed by atoms with Crippen LogP contribution in [0.15, 0.2) is 11.4 Å². The number of hydrogen-bond donors (Lipinski definition) is 2.